The first-order chi connectivity index (χ1) is 20.0. The summed E-state index contributed by atoms with van der Waals surface area (Å²) in [7, 11) is 0. The minimum atomic E-state index is -0.979. The summed E-state index contributed by atoms with van der Waals surface area (Å²) in [5, 5.41) is 14.7. The van der Waals surface area contributed by atoms with Crippen LogP contribution in [-0.4, -0.2) is 41.0 Å². The van der Waals surface area contributed by atoms with Crippen LogP contribution in [-0.2, 0) is 14.3 Å². The van der Waals surface area contributed by atoms with Gasteiger partial charge in [0, 0.05) is 30.2 Å². The van der Waals surface area contributed by atoms with Gasteiger partial charge in [-0.15, -0.1) is 0 Å². The molecule has 0 radical (unpaired) electrons. The van der Waals surface area contributed by atoms with Gasteiger partial charge in [-0.3, -0.25) is 4.79 Å². The van der Waals surface area contributed by atoms with Crippen molar-refractivity contribution in [2.24, 2.45) is 11.1 Å². The van der Waals surface area contributed by atoms with E-state index in [-0.39, 0.29) is 45.6 Å². The highest BCUT2D eigenvalue weighted by molar-refractivity contribution is 5.88. The van der Waals surface area contributed by atoms with Crippen LogP contribution in [0.25, 0.3) is 11.0 Å². The van der Waals surface area contributed by atoms with Crippen molar-refractivity contribution in [2.75, 3.05) is 6.54 Å². The van der Waals surface area contributed by atoms with E-state index in [0.29, 0.717) is 42.3 Å². The molecule has 9 nitrogen and oxygen atoms in total. The van der Waals surface area contributed by atoms with Crippen molar-refractivity contribution in [3.05, 3.63) is 57.2 Å². The van der Waals surface area contributed by atoms with Crippen molar-refractivity contribution in [3.8, 4) is 11.5 Å². The minimum Gasteiger partial charge on any atom is -0.507 e. The molecule has 1 spiro atoms. The topological polar surface area (TPSA) is 137 Å². The number of carbonyl (C=O) groups is 1. The second-order valence-corrected chi connectivity index (χ2v) is 13.4. The number of hydrogen-bond acceptors (Lipinski definition) is 9. The Kier molecular flexibility index (Phi) is 6.21. The highest BCUT2D eigenvalue weighted by Gasteiger charge is 2.66. The van der Waals surface area contributed by atoms with Crippen molar-refractivity contribution in [1.82, 2.24) is 5.32 Å². The number of hydrogen-bond donors (Lipinski definition) is 3. The lowest BCUT2D eigenvalue weighted by molar-refractivity contribution is -0.170. The van der Waals surface area contributed by atoms with E-state index >= 15 is 0 Å². The molecule has 4 aliphatic heterocycles. The molecule has 2 saturated heterocycles. The van der Waals surface area contributed by atoms with Crippen molar-refractivity contribution in [1.29, 1.82) is 0 Å². The van der Waals surface area contributed by atoms with E-state index in [1.165, 1.54) is 11.6 Å². The molecule has 3 fully saturated rings. The summed E-state index contributed by atoms with van der Waals surface area (Å²) in [4.78, 5) is 27.0. The SMILES string of the molecule is Cc1cc(=O)c2c(O)c3c(cc2o1)OC(C)(C)[C@@H]1OC(=O)[C@@]2(CCCC[C@@H]31)O[C@@H]2CC1(C2=CCNC(N)=C2)CCCC1. The average Bonchev–Trinajstić information content (AvgIpc) is 3.36. The summed E-state index contributed by atoms with van der Waals surface area (Å²) in [5.41, 5.74) is 5.94. The fourth-order valence-electron chi connectivity index (χ4n) is 8.19. The number of esters is 1. The Morgan fingerprint density at radius 2 is 1.86 bits per heavy atom. The number of carbonyl (C=O) groups excluding carboxylic acids is 1. The monoisotopic (exact) mass is 576 g/mol. The molecular formula is C33H40N2O7. The molecule has 1 aromatic carbocycles. The quantitative estimate of drug-likeness (QED) is 0.342. The molecule has 0 amide bonds. The highest BCUT2D eigenvalue weighted by atomic mass is 16.7. The van der Waals surface area contributed by atoms with Crippen molar-refractivity contribution in [3.63, 3.8) is 0 Å². The van der Waals surface area contributed by atoms with Crippen molar-refractivity contribution in [2.45, 2.75) is 108 Å². The van der Waals surface area contributed by atoms with E-state index < -0.39 is 17.3 Å². The summed E-state index contributed by atoms with van der Waals surface area (Å²) < 4.78 is 24.9. The van der Waals surface area contributed by atoms with Gasteiger partial charge < -0.3 is 34.8 Å². The van der Waals surface area contributed by atoms with E-state index in [2.05, 4.69) is 11.4 Å². The van der Waals surface area contributed by atoms with Gasteiger partial charge in [0.2, 0.25) is 0 Å². The van der Waals surface area contributed by atoms with Gasteiger partial charge in [0.05, 0.1) is 11.9 Å². The Labute approximate surface area is 245 Å². The number of benzene rings is 1. The van der Waals surface area contributed by atoms with Crippen LogP contribution in [0, 0.1) is 12.3 Å². The van der Waals surface area contributed by atoms with E-state index in [0.717, 1.165) is 44.9 Å². The number of nitrogens with two attached hydrogens (primary N) is 1. The van der Waals surface area contributed by atoms with Gasteiger partial charge in [0.25, 0.3) is 0 Å². The van der Waals surface area contributed by atoms with Gasteiger partial charge >= 0.3 is 5.97 Å². The summed E-state index contributed by atoms with van der Waals surface area (Å²) in [6, 6.07) is 3.06. The average molecular weight is 577 g/mol. The van der Waals surface area contributed by atoms with Crippen molar-refractivity contribution < 1.29 is 28.5 Å². The van der Waals surface area contributed by atoms with Crippen LogP contribution < -0.4 is 21.2 Å². The Morgan fingerprint density at radius 1 is 1.10 bits per heavy atom. The van der Waals surface area contributed by atoms with Crippen LogP contribution in [0.4, 0.5) is 0 Å². The number of phenolic OH excluding ortho intramolecular Hbond substituents is 1. The molecule has 9 heteroatoms. The van der Waals surface area contributed by atoms with E-state index in [1.807, 2.05) is 19.9 Å². The second-order valence-electron chi connectivity index (χ2n) is 13.4. The van der Waals surface area contributed by atoms with Crippen LogP contribution >= 0.6 is 0 Å². The van der Waals surface area contributed by atoms with E-state index in [4.69, 9.17) is 24.4 Å². The highest BCUT2D eigenvalue weighted by Crippen LogP contribution is 2.57. The number of dihydropyridines is 1. The number of allylic oxidation sites excluding steroid dienone is 2. The number of aromatic hydroxyl groups is 1. The lowest BCUT2D eigenvalue weighted by atomic mass is 9.72. The molecule has 1 saturated carbocycles. The van der Waals surface area contributed by atoms with Gasteiger partial charge in [-0.25, -0.2) is 4.79 Å². The number of fused-ring (bicyclic) bond motifs is 4. The molecule has 224 valence electrons. The summed E-state index contributed by atoms with van der Waals surface area (Å²) >= 11 is 0. The molecule has 5 aliphatic rings. The van der Waals surface area contributed by atoms with Gasteiger partial charge in [0.15, 0.2) is 11.0 Å². The number of nitrogens with one attached hydrogen (secondary N) is 1. The van der Waals surface area contributed by atoms with Gasteiger partial charge in [-0.05, 0) is 76.4 Å². The third-order valence-electron chi connectivity index (χ3n) is 10.3. The number of epoxide rings is 1. The largest absolute Gasteiger partial charge is 0.507 e. The lowest BCUT2D eigenvalue weighted by Crippen LogP contribution is -2.52. The molecule has 0 bridgehead atoms. The number of ether oxygens (including phenoxy) is 3. The lowest BCUT2D eigenvalue weighted by Gasteiger charge is -2.44. The summed E-state index contributed by atoms with van der Waals surface area (Å²) in [6.07, 6.45) is 11.4. The van der Waals surface area contributed by atoms with Crippen LogP contribution in [0.3, 0.4) is 0 Å². The zero-order valence-corrected chi connectivity index (χ0v) is 24.6. The Morgan fingerprint density at radius 3 is 2.62 bits per heavy atom. The van der Waals surface area contributed by atoms with E-state index in [9.17, 15) is 14.7 Å². The zero-order chi connectivity index (χ0) is 29.4. The fraction of sp³-hybridized carbons (Fsp3) is 0.576. The maximum atomic E-state index is 14.1. The smallest absolute Gasteiger partial charge is 0.341 e. The maximum absolute atomic E-state index is 14.1. The third-order valence-corrected chi connectivity index (χ3v) is 10.3. The van der Waals surface area contributed by atoms with Crippen LogP contribution in [0.15, 0.2) is 44.9 Å². The Hall–Kier alpha value is -3.46. The molecule has 7 rings (SSSR count). The summed E-state index contributed by atoms with van der Waals surface area (Å²) in [6.45, 7) is 6.21. The second kappa shape index (κ2) is 9.53. The van der Waals surface area contributed by atoms with E-state index in [1.54, 1.807) is 13.0 Å². The van der Waals surface area contributed by atoms with Gasteiger partial charge in [0.1, 0.15) is 39.9 Å². The molecule has 5 heterocycles. The first-order valence-corrected chi connectivity index (χ1v) is 15.3. The van der Waals surface area contributed by atoms with Crippen LogP contribution in [0.1, 0.15) is 88.9 Å². The third kappa shape index (κ3) is 4.22. The predicted molar refractivity (Wildman–Crippen MR) is 156 cm³/mol. The molecule has 1 aliphatic carbocycles. The van der Waals surface area contributed by atoms with Crippen molar-refractivity contribution >= 4 is 16.9 Å². The Bertz CT molecular complexity index is 1580. The first-order valence-electron chi connectivity index (χ1n) is 15.3. The molecule has 4 N–H and O–H groups in total. The summed E-state index contributed by atoms with van der Waals surface area (Å²) in [5.74, 6) is 0.730. The molecule has 0 unspecified atom stereocenters. The standard InChI is InChI=1S/C33H40N2O7/c1-18-14-21(36)27-22(39-18)16-23-26(28(27)37)20-8-4-5-12-33(30(38)40-29(20)31(2,3)41-23)24(42-33)17-32(10-6-7-11-32)19-9-13-35-25(34)15-19/h9,14-16,20,24,29,35,37H,4-8,10-13,17,34H2,1-3H3/t20-,24+,29+,33-/m0/s1. The van der Waals surface area contributed by atoms with Crippen LogP contribution in [0.5, 0.6) is 11.5 Å². The fourth-order valence-corrected chi connectivity index (χ4v) is 8.19. The molecule has 42 heavy (non-hydrogen) atoms. The molecular weight excluding hydrogens is 536 g/mol. The van der Waals surface area contributed by atoms with Crippen LogP contribution in [0.2, 0.25) is 0 Å². The number of rotatable bonds is 3. The Balaban J connectivity index is 1.21. The number of phenols is 1. The predicted octanol–water partition coefficient (Wildman–Crippen LogP) is 4.97. The normalized spacial score (nSPS) is 31.3. The number of aryl methyl sites for hydroxylation is 1. The zero-order valence-electron chi connectivity index (χ0n) is 24.6. The minimum absolute atomic E-state index is 0.0550. The first kappa shape index (κ1) is 27.4. The molecule has 1 aromatic heterocycles. The molecule has 2 aromatic rings. The van der Waals surface area contributed by atoms with Gasteiger partial charge in [-0.2, -0.15) is 0 Å². The maximum Gasteiger partial charge on any atom is 0.341 e. The van der Waals surface area contributed by atoms with Gasteiger partial charge in [-0.1, -0.05) is 25.3 Å². The molecule has 4 atom stereocenters.